The minimum Gasteiger partial charge on any atom is -0.355 e. The van der Waals surface area contributed by atoms with E-state index in [0.29, 0.717) is 40.6 Å². The van der Waals surface area contributed by atoms with Gasteiger partial charge in [-0.15, -0.1) is 5.10 Å². The number of carbonyl (C=O) groups excluding carboxylic acids is 1. The Morgan fingerprint density at radius 3 is 2.72 bits per heavy atom. The summed E-state index contributed by atoms with van der Waals surface area (Å²) >= 11 is 14.1. The van der Waals surface area contributed by atoms with Crippen LogP contribution in [0, 0.1) is 5.92 Å². The molecule has 0 spiro atoms. The van der Waals surface area contributed by atoms with E-state index in [2.05, 4.69) is 25.4 Å². The lowest BCUT2D eigenvalue weighted by molar-refractivity contribution is -0.126. The van der Waals surface area contributed by atoms with Crippen LogP contribution in [-0.2, 0) is 11.3 Å². The van der Waals surface area contributed by atoms with Gasteiger partial charge in [-0.2, -0.15) is 0 Å². The summed E-state index contributed by atoms with van der Waals surface area (Å²) in [4.78, 5) is 19.5. The lowest BCUT2D eigenvalue weighted by Gasteiger charge is -2.32. The number of thioether (sulfide) groups is 1. The highest BCUT2D eigenvalue weighted by Crippen LogP contribution is 2.28. The fraction of sp³-hybridized carbons (Fsp3) is 0.348. The van der Waals surface area contributed by atoms with Crippen molar-refractivity contribution in [3.63, 3.8) is 0 Å². The molecule has 1 saturated heterocycles. The maximum atomic E-state index is 12.7. The molecule has 1 aliphatic heterocycles. The van der Waals surface area contributed by atoms with Crippen LogP contribution < -0.4 is 5.32 Å². The van der Waals surface area contributed by atoms with Crippen LogP contribution in [0.1, 0.15) is 18.4 Å². The molecule has 1 aliphatic rings. The van der Waals surface area contributed by atoms with E-state index < -0.39 is 0 Å². The molecule has 0 bridgehead atoms. The van der Waals surface area contributed by atoms with Gasteiger partial charge in [0.25, 0.3) is 0 Å². The molecule has 0 aliphatic carbocycles. The highest BCUT2D eigenvalue weighted by atomic mass is 35.5. The molecule has 2 aromatic carbocycles. The lowest BCUT2D eigenvalue weighted by atomic mass is 9.96. The largest absolute Gasteiger partial charge is 0.355 e. The van der Waals surface area contributed by atoms with Crippen LogP contribution in [0.5, 0.6) is 0 Å². The number of amides is 1. The molecule has 0 saturated carbocycles. The van der Waals surface area contributed by atoms with Gasteiger partial charge in [0.15, 0.2) is 5.82 Å². The monoisotopic (exact) mass is 489 g/mol. The van der Waals surface area contributed by atoms with E-state index >= 15 is 0 Å². The average molecular weight is 490 g/mol. The zero-order valence-electron chi connectivity index (χ0n) is 17.6. The van der Waals surface area contributed by atoms with E-state index in [1.54, 1.807) is 0 Å². The number of nitrogens with one attached hydrogen (secondary N) is 2. The SMILES string of the molecule is O=C(NCCSc1n[nH]c(-c2ccccc2)n1)[C@H]1CCCN(Cc2c(Cl)cccc2Cl)C1. The third-order valence-corrected chi connectivity index (χ3v) is 7.02. The van der Waals surface area contributed by atoms with Gasteiger partial charge in [0, 0.05) is 46.6 Å². The van der Waals surface area contributed by atoms with E-state index in [-0.39, 0.29) is 11.8 Å². The first-order valence-electron chi connectivity index (χ1n) is 10.6. The quantitative estimate of drug-likeness (QED) is 0.347. The molecule has 2 N–H and O–H groups in total. The molecule has 1 fully saturated rings. The summed E-state index contributed by atoms with van der Waals surface area (Å²) in [5.41, 5.74) is 1.93. The van der Waals surface area contributed by atoms with Gasteiger partial charge in [0.1, 0.15) is 0 Å². The van der Waals surface area contributed by atoms with E-state index in [0.717, 1.165) is 36.3 Å². The predicted octanol–water partition coefficient (Wildman–Crippen LogP) is 4.90. The second kappa shape index (κ2) is 11.2. The molecule has 4 rings (SSSR count). The lowest BCUT2D eigenvalue weighted by Crippen LogP contribution is -2.43. The van der Waals surface area contributed by atoms with Crippen LogP contribution in [0.25, 0.3) is 11.4 Å². The van der Waals surface area contributed by atoms with E-state index in [1.165, 1.54) is 11.8 Å². The highest BCUT2D eigenvalue weighted by molar-refractivity contribution is 7.99. The summed E-state index contributed by atoms with van der Waals surface area (Å²) in [6, 6.07) is 15.4. The zero-order chi connectivity index (χ0) is 22.3. The fourth-order valence-electron chi connectivity index (χ4n) is 3.82. The van der Waals surface area contributed by atoms with Crippen molar-refractivity contribution >= 4 is 40.9 Å². The molecule has 32 heavy (non-hydrogen) atoms. The normalized spacial score (nSPS) is 16.8. The van der Waals surface area contributed by atoms with Gasteiger partial charge in [-0.05, 0) is 31.5 Å². The molecular weight excluding hydrogens is 465 g/mol. The molecule has 1 aromatic heterocycles. The summed E-state index contributed by atoms with van der Waals surface area (Å²) in [7, 11) is 0. The van der Waals surface area contributed by atoms with Crippen molar-refractivity contribution in [3.8, 4) is 11.4 Å². The maximum Gasteiger partial charge on any atom is 0.224 e. The third-order valence-electron chi connectivity index (χ3n) is 5.46. The number of aromatic amines is 1. The van der Waals surface area contributed by atoms with Crippen molar-refractivity contribution in [3.05, 3.63) is 64.1 Å². The average Bonchev–Trinajstić information content (AvgIpc) is 3.29. The number of rotatable bonds is 8. The third kappa shape index (κ3) is 6.04. The highest BCUT2D eigenvalue weighted by Gasteiger charge is 2.26. The zero-order valence-corrected chi connectivity index (χ0v) is 19.9. The molecule has 0 unspecified atom stereocenters. The van der Waals surface area contributed by atoms with Crippen LogP contribution in [0.2, 0.25) is 10.0 Å². The van der Waals surface area contributed by atoms with Crippen molar-refractivity contribution in [1.29, 1.82) is 0 Å². The fourth-order valence-corrected chi connectivity index (χ4v) is 4.99. The second-order valence-electron chi connectivity index (χ2n) is 7.75. The van der Waals surface area contributed by atoms with Crippen molar-refractivity contribution in [2.75, 3.05) is 25.4 Å². The van der Waals surface area contributed by atoms with Crippen molar-refractivity contribution in [2.45, 2.75) is 24.5 Å². The van der Waals surface area contributed by atoms with Crippen molar-refractivity contribution in [2.24, 2.45) is 5.92 Å². The standard InChI is InChI=1S/C23H25Cl2N5OS/c24-19-9-4-10-20(25)18(19)15-30-12-5-8-17(14-30)22(31)26-11-13-32-23-27-21(28-29-23)16-6-2-1-3-7-16/h1-4,6-7,9-10,17H,5,8,11-15H2,(H,26,31)(H,27,28,29)/t17-/m0/s1. The Balaban J connectivity index is 1.22. The first-order valence-corrected chi connectivity index (χ1v) is 12.4. The molecular formula is C23H25Cl2N5OS. The Labute approximate surface area is 202 Å². The Morgan fingerprint density at radius 1 is 1.16 bits per heavy atom. The number of aromatic nitrogens is 3. The summed E-state index contributed by atoms with van der Waals surface area (Å²) in [5.74, 6) is 1.53. The Hall–Kier alpha value is -2.06. The van der Waals surface area contributed by atoms with Crippen LogP contribution in [-0.4, -0.2) is 51.4 Å². The van der Waals surface area contributed by atoms with Gasteiger partial charge in [0.05, 0.1) is 5.92 Å². The molecule has 9 heteroatoms. The first kappa shape index (κ1) is 23.1. The number of likely N-dealkylation sites (tertiary alicyclic amines) is 1. The Bertz CT molecular complexity index is 1030. The van der Waals surface area contributed by atoms with Crippen LogP contribution in [0.4, 0.5) is 0 Å². The van der Waals surface area contributed by atoms with Gasteiger partial charge >= 0.3 is 0 Å². The summed E-state index contributed by atoms with van der Waals surface area (Å²) in [6.45, 7) is 2.88. The van der Waals surface area contributed by atoms with Crippen LogP contribution >= 0.6 is 35.0 Å². The summed E-state index contributed by atoms with van der Waals surface area (Å²) in [6.07, 6.45) is 1.88. The van der Waals surface area contributed by atoms with E-state index in [4.69, 9.17) is 23.2 Å². The van der Waals surface area contributed by atoms with Gasteiger partial charge in [-0.1, -0.05) is 71.4 Å². The van der Waals surface area contributed by atoms with E-state index in [9.17, 15) is 4.79 Å². The topological polar surface area (TPSA) is 73.9 Å². The smallest absolute Gasteiger partial charge is 0.224 e. The maximum absolute atomic E-state index is 12.7. The molecule has 6 nitrogen and oxygen atoms in total. The number of halogens is 2. The molecule has 1 atom stereocenters. The Morgan fingerprint density at radius 2 is 1.94 bits per heavy atom. The van der Waals surface area contributed by atoms with Crippen molar-refractivity contribution < 1.29 is 4.79 Å². The minimum atomic E-state index is -0.0248. The molecule has 2 heterocycles. The predicted molar refractivity (Wildman–Crippen MR) is 130 cm³/mol. The number of nitrogens with zero attached hydrogens (tertiary/aromatic N) is 3. The van der Waals surface area contributed by atoms with Crippen LogP contribution in [0.15, 0.2) is 53.7 Å². The number of carbonyl (C=O) groups is 1. The molecule has 1 amide bonds. The number of hydrogen-bond donors (Lipinski definition) is 2. The van der Waals surface area contributed by atoms with Gasteiger partial charge in [0.2, 0.25) is 11.1 Å². The first-order chi connectivity index (χ1) is 15.6. The summed E-state index contributed by atoms with van der Waals surface area (Å²) < 4.78 is 0. The minimum absolute atomic E-state index is 0.0248. The van der Waals surface area contributed by atoms with Crippen LogP contribution in [0.3, 0.4) is 0 Å². The van der Waals surface area contributed by atoms with Gasteiger partial charge in [-0.25, -0.2) is 4.98 Å². The second-order valence-corrected chi connectivity index (χ2v) is 9.62. The Kier molecular flexibility index (Phi) is 8.08. The number of benzene rings is 2. The number of H-pyrrole nitrogens is 1. The summed E-state index contributed by atoms with van der Waals surface area (Å²) in [5, 5.41) is 12.3. The van der Waals surface area contributed by atoms with Gasteiger partial charge < -0.3 is 5.32 Å². The van der Waals surface area contributed by atoms with Crippen molar-refractivity contribution in [1.82, 2.24) is 25.4 Å². The van der Waals surface area contributed by atoms with Gasteiger partial charge in [-0.3, -0.25) is 14.8 Å². The van der Waals surface area contributed by atoms with E-state index in [1.807, 2.05) is 48.5 Å². The molecule has 3 aromatic rings. The number of hydrogen-bond acceptors (Lipinski definition) is 5. The molecule has 168 valence electrons. The molecule has 0 radical (unpaired) electrons. The number of piperidine rings is 1.